The molecule has 1 fully saturated rings. The van der Waals surface area contributed by atoms with Gasteiger partial charge in [-0.15, -0.1) is 0 Å². The fourth-order valence-corrected chi connectivity index (χ4v) is 2.43. The van der Waals surface area contributed by atoms with Crippen molar-refractivity contribution in [3.8, 4) is 12.1 Å². The van der Waals surface area contributed by atoms with Gasteiger partial charge in [0.25, 0.3) is 0 Å². The largest absolute Gasteiger partial charge is 0.354 e. The van der Waals surface area contributed by atoms with Crippen molar-refractivity contribution in [1.29, 1.82) is 10.5 Å². The Bertz CT molecular complexity index is 548. The highest BCUT2D eigenvalue weighted by Crippen LogP contribution is 2.23. The Morgan fingerprint density at radius 1 is 1.10 bits per heavy atom. The molecule has 20 heavy (non-hydrogen) atoms. The van der Waals surface area contributed by atoms with E-state index in [1.807, 2.05) is 47.4 Å². The van der Waals surface area contributed by atoms with Crippen LogP contribution < -0.4 is 5.73 Å². The Hall–Kier alpha value is -2.50. The van der Waals surface area contributed by atoms with Gasteiger partial charge in [0, 0.05) is 32.7 Å². The molecule has 0 radical (unpaired) electrons. The van der Waals surface area contributed by atoms with Gasteiger partial charge in [-0.3, -0.25) is 0 Å². The maximum atomic E-state index is 9.14. The van der Waals surface area contributed by atoms with Crippen LogP contribution in [0.15, 0.2) is 41.7 Å². The molecular formula is C15H17N5. The van der Waals surface area contributed by atoms with Gasteiger partial charge in [0.2, 0.25) is 0 Å². The molecular weight excluding hydrogens is 250 g/mol. The zero-order valence-electron chi connectivity index (χ0n) is 11.3. The van der Waals surface area contributed by atoms with Crippen molar-refractivity contribution in [3.63, 3.8) is 0 Å². The lowest BCUT2D eigenvalue weighted by atomic mass is 10.2. The predicted octanol–water partition coefficient (Wildman–Crippen LogP) is 1.02. The van der Waals surface area contributed by atoms with Crippen LogP contribution in [0.25, 0.3) is 0 Å². The quantitative estimate of drug-likeness (QED) is 0.824. The molecule has 0 spiro atoms. The van der Waals surface area contributed by atoms with Crippen LogP contribution in [0.4, 0.5) is 0 Å². The summed E-state index contributed by atoms with van der Waals surface area (Å²) in [5, 5.41) is 18.3. The van der Waals surface area contributed by atoms with Crippen LogP contribution in [-0.2, 0) is 6.54 Å². The molecule has 2 N–H and O–H groups in total. The van der Waals surface area contributed by atoms with Crippen LogP contribution >= 0.6 is 0 Å². The lowest BCUT2D eigenvalue weighted by Crippen LogP contribution is -2.29. The van der Waals surface area contributed by atoms with Gasteiger partial charge in [0.15, 0.2) is 5.57 Å². The van der Waals surface area contributed by atoms with E-state index < -0.39 is 0 Å². The van der Waals surface area contributed by atoms with E-state index in [9.17, 15) is 0 Å². The number of nitrogens with two attached hydrogens (primary N) is 1. The van der Waals surface area contributed by atoms with Crippen LogP contribution in [0, 0.1) is 22.7 Å². The number of nitrogens with zero attached hydrogens (tertiary/aromatic N) is 4. The molecule has 0 saturated carbocycles. The summed E-state index contributed by atoms with van der Waals surface area (Å²) >= 11 is 0. The highest BCUT2D eigenvalue weighted by molar-refractivity contribution is 5.40. The first-order chi connectivity index (χ1) is 9.80. The lowest BCUT2D eigenvalue weighted by Gasteiger charge is -2.24. The van der Waals surface area contributed by atoms with Gasteiger partial charge in [-0.25, -0.2) is 0 Å². The smallest absolute Gasteiger partial charge is 0.169 e. The van der Waals surface area contributed by atoms with Gasteiger partial charge in [-0.2, -0.15) is 10.5 Å². The van der Waals surface area contributed by atoms with E-state index in [-0.39, 0.29) is 5.57 Å². The third-order valence-corrected chi connectivity index (χ3v) is 3.30. The van der Waals surface area contributed by atoms with Crippen LogP contribution in [0.2, 0.25) is 0 Å². The fourth-order valence-electron chi connectivity index (χ4n) is 2.43. The van der Waals surface area contributed by atoms with E-state index in [2.05, 4.69) is 4.90 Å². The fraction of sp³-hybridized carbons (Fsp3) is 0.333. The van der Waals surface area contributed by atoms with E-state index in [1.54, 1.807) is 0 Å². The Kier molecular flexibility index (Phi) is 4.60. The molecule has 5 nitrogen and oxygen atoms in total. The Balaban J connectivity index is 2.27. The molecule has 1 saturated heterocycles. The van der Waals surface area contributed by atoms with Crippen molar-refractivity contribution in [1.82, 2.24) is 9.80 Å². The molecule has 1 aromatic rings. The van der Waals surface area contributed by atoms with Gasteiger partial charge in [0.1, 0.15) is 18.0 Å². The summed E-state index contributed by atoms with van der Waals surface area (Å²) in [5.74, 6) is 0.712. The number of benzene rings is 1. The zero-order chi connectivity index (χ0) is 14.4. The molecule has 1 aliphatic heterocycles. The van der Waals surface area contributed by atoms with Crippen molar-refractivity contribution in [2.45, 2.75) is 6.54 Å². The van der Waals surface area contributed by atoms with Gasteiger partial charge in [0.05, 0.1) is 0 Å². The average molecular weight is 267 g/mol. The second kappa shape index (κ2) is 6.60. The van der Waals surface area contributed by atoms with Crippen molar-refractivity contribution in [2.24, 2.45) is 5.73 Å². The molecule has 0 aromatic heterocycles. The SMILES string of the molecule is N#CC(C#N)=C1N(CCN)CCN1Cc1ccccc1. The van der Waals surface area contributed by atoms with Gasteiger partial charge >= 0.3 is 0 Å². The molecule has 0 bridgehead atoms. The first-order valence-electron chi connectivity index (χ1n) is 6.58. The van der Waals surface area contributed by atoms with Crippen LogP contribution in [0.5, 0.6) is 0 Å². The van der Waals surface area contributed by atoms with Crippen LogP contribution in [0.3, 0.4) is 0 Å². The summed E-state index contributed by atoms with van der Waals surface area (Å²) in [4.78, 5) is 4.09. The van der Waals surface area contributed by atoms with Gasteiger partial charge < -0.3 is 15.5 Å². The number of hydrogen-bond donors (Lipinski definition) is 1. The summed E-state index contributed by atoms with van der Waals surface area (Å²) in [6, 6.07) is 14.0. The summed E-state index contributed by atoms with van der Waals surface area (Å²) in [5.41, 5.74) is 6.92. The molecule has 0 aliphatic carbocycles. The first-order valence-corrected chi connectivity index (χ1v) is 6.58. The number of hydrogen-bond acceptors (Lipinski definition) is 5. The molecule has 5 heteroatoms. The molecule has 102 valence electrons. The molecule has 0 amide bonds. The lowest BCUT2D eigenvalue weighted by molar-refractivity contribution is 0.333. The van der Waals surface area contributed by atoms with Crippen molar-refractivity contribution < 1.29 is 0 Å². The number of rotatable bonds is 4. The Labute approximate surface area is 119 Å². The third-order valence-electron chi connectivity index (χ3n) is 3.30. The zero-order valence-corrected chi connectivity index (χ0v) is 11.3. The van der Waals surface area contributed by atoms with Gasteiger partial charge in [-0.1, -0.05) is 30.3 Å². The molecule has 0 unspecified atom stereocenters. The first kappa shape index (κ1) is 13.9. The minimum absolute atomic E-state index is 0.159. The second-order valence-electron chi connectivity index (χ2n) is 4.61. The van der Waals surface area contributed by atoms with E-state index in [0.717, 1.165) is 18.7 Å². The molecule has 0 atom stereocenters. The topological polar surface area (TPSA) is 80.1 Å². The minimum atomic E-state index is 0.159. The maximum absolute atomic E-state index is 9.14. The monoisotopic (exact) mass is 267 g/mol. The Morgan fingerprint density at radius 2 is 1.75 bits per heavy atom. The van der Waals surface area contributed by atoms with Crippen LogP contribution in [0.1, 0.15) is 5.56 Å². The van der Waals surface area contributed by atoms with E-state index >= 15 is 0 Å². The predicted molar refractivity (Wildman–Crippen MR) is 75.7 cm³/mol. The summed E-state index contributed by atoms with van der Waals surface area (Å²) in [7, 11) is 0. The molecule has 1 aromatic carbocycles. The Morgan fingerprint density at radius 3 is 2.35 bits per heavy atom. The molecule has 1 aliphatic rings. The summed E-state index contributed by atoms with van der Waals surface area (Å²) < 4.78 is 0. The summed E-state index contributed by atoms with van der Waals surface area (Å²) in [6.45, 7) is 3.47. The molecule has 2 rings (SSSR count). The second-order valence-corrected chi connectivity index (χ2v) is 4.61. The minimum Gasteiger partial charge on any atom is -0.354 e. The summed E-state index contributed by atoms with van der Waals surface area (Å²) in [6.07, 6.45) is 0. The normalized spacial score (nSPS) is 14.1. The van der Waals surface area contributed by atoms with E-state index in [4.69, 9.17) is 16.3 Å². The van der Waals surface area contributed by atoms with Crippen LogP contribution in [-0.4, -0.2) is 36.0 Å². The third kappa shape index (κ3) is 2.90. The maximum Gasteiger partial charge on any atom is 0.169 e. The highest BCUT2D eigenvalue weighted by Gasteiger charge is 2.27. The van der Waals surface area contributed by atoms with Crippen molar-refractivity contribution in [3.05, 3.63) is 47.3 Å². The number of nitriles is 2. The van der Waals surface area contributed by atoms with E-state index in [1.165, 1.54) is 0 Å². The average Bonchev–Trinajstić information content (AvgIpc) is 2.85. The van der Waals surface area contributed by atoms with Crippen molar-refractivity contribution >= 4 is 0 Å². The molecule has 1 heterocycles. The van der Waals surface area contributed by atoms with Gasteiger partial charge in [-0.05, 0) is 5.56 Å². The van der Waals surface area contributed by atoms with Crippen molar-refractivity contribution in [2.75, 3.05) is 26.2 Å². The highest BCUT2D eigenvalue weighted by atomic mass is 15.4. The number of allylic oxidation sites excluding steroid dienone is 1. The van der Waals surface area contributed by atoms with E-state index in [0.29, 0.717) is 25.5 Å². The standard InChI is InChI=1S/C15H17N5/c16-6-7-19-8-9-20(15(19)14(10-17)11-18)12-13-4-2-1-3-5-13/h1-5H,6-9,12,16H2.